The molecule has 10 heteroatoms. The number of nitrogens with zero attached hydrogens (tertiary/aromatic N) is 1. The highest BCUT2D eigenvalue weighted by Gasteiger charge is 2.35. The molecular weight excluding hydrogens is 417 g/mol. The summed E-state index contributed by atoms with van der Waals surface area (Å²) in [6.07, 6.45) is -0.197. The van der Waals surface area contributed by atoms with Crippen LogP contribution in [0.25, 0.3) is 0 Å². The number of aromatic nitrogens is 2. The summed E-state index contributed by atoms with van der Waals surface area (Å²) in [5.41, 5.74) is 1.29. The van der Waals surface area contributed by atoms with E-state index < -0.39 is 29.1 Å². The highest BCUT2D eigenvalue weighted by Crippen LogP contribution is 2.31. The van der Waals surface area contributed by atoms with Crippen LogP contribution in [-0.2, 0) is 9.59 Å². The van der Waals surface area contributed by atoms with Crippen molar-refractivity contribution < 1.29 is 18.7 Å². The molecule has 0 radical (unpaired) electrons. The number of carbonyl (C=O) groups is 2. The third-order valence-corrected chi connectivity index (χ3v) is 5.08. The molecule has 0 saturated heterocycles. The second-order valence-corrected chi connectivity index (χ2v) is 7.28. The number of amides is 2. The van der Waals surface area contributed by atoms with Gasteiger partial charge in [-0.2, -0.15) is 4.98 Å². The standard InChI is InChI=1S/C22H20FN5O4/c1-11-3-8-14(32-2)9-16(11)25-20(30)15-10-17(29)26-19-18(15)21(31)28-22(27-19)24-13-6-4-12(23)5-7-13/h3-9,15H,10H2,1-2H3,(H,25,30)(H3,24,26,27,28,29,31)/t15-/m1/s1. The van der Waals surface area contributed by atoms with E-state index in [2.05, 4.69) is 25.9 Å². The highest BCUT2D eigenvalue weighted by atomic mass is 19.1. The maximum absolute atomic E-state index is 13.1. The summed E-state index contributed by atoms with van der Waals surface area (Å²) in [5, 5.41) is 8.16. The molecule has 1 aliphatic rings. The zero-order valence-corrected chi connectivity index (χ0v) is 17.3. The molecule has 9 nitrogen and oxygen atoms in total. The van der Waals surface area contributed by atoms with E-state index in [-0.39, 0.29) is 23.8 Å². The van der Waals surface area contributed by atoms with Crippen LogP contribution in [0.2, 0.25) is 0 Å². The first-order valence-electron chi connectivity index (χ1n) is 9.76. The molecule has 32 heavy (non-hydrogen) atoms. The predicted molar refractivity (Wildman–Crippen MR) is 117 cm³/mol. The average Bonchev–Trinajstić information content (AvgIpc) is 2.76. The molecule has 2 amide bonds. The van der Waals surface area contributed by atoms with Gasteiger partial charge < -0.3 is 20.7 Å². The van der Waals surface area contributed by atoms with Gasteiger partial charge in [-0.15, -0.1) is 0 Å². The third kappa shape index (κ3) is 4.29. The number of hydrogen-bond donors (Lipinski definition) is 4. The molecule has 0 saturated carbocycles. The van der Waals surface area contributed by atoms with Crippen molar-refractivity contribution in [2.24, 2.45) is 0 Å². The summed E-state index contributed by atoms with van der Waals surface area (Å²) in [5.74, 6) is -1.78. The van der Waals surface area contributed by atoms with Gasteiger partial charge >= 0.3 is 0 Å². The van der Waals surface area contributed by atoms with Crippen molar-refractivity contribution in [3.8, 4) is 5.75 Å². The zero-order chi connectivity index (χ0) is 22.8. The molecule has 4 N–H and O–H groups in total. The molecule has 1 atom stereocenters. The lowest BCUT2D eigenvalue weighted by Crippen LogP contribution is -2.36. The van der Waals surface area contributed by atoms with E-state index in [0.717, 1.165) is 5.56 Å². The summed E-state index contributed by atoms with van der Waals surface area (Å²) in [7, 11) is 1.51. The Hall–Kier alpha value is -4.21. The van der Waals surface area contributed by atoms with Crippen LogP contribution in [0.15, 0.2) is 47.3 Å². The topological polar surface area (TPSA) is 125 Å². The van der Waals surface area contributed by atoms with Gasteiger partial charge in [-0.3, -0.25) is 19.4 Å². The fourth-order valence-corrected chi connectivity index (χ4v) is 3.41. The lowest BCUT2D eigenvalue weighted by Gasteiger charge is -2.24. The second-order valence-electron chi connectivity index (χ2n) is 7.28. The highest BCUT2D eigenvalue weighted by molar-refractivity contribution is 6.04. The molecule has 0 spiro atoms. The predicted octanol–water partition coefficient (Wildman–Crippen LogP) is 3.03. The molecule has 2 aromatic carbocycles. The van der Waals surface area contributed by atoms with E-state index in [1.807, 2.05) is 6.92 Å². The van der Waals surface area contributed by atoms with E-state index in [0.29, 0.717) is 17.1 Å². The van der Waals surface area contributed by atoms with Gasteiger partial charge in [0, 0.05) is 23.9 Å². The van der Waals surface area contributed by atoms with Gasteiger partial charge in [0.2, 0.25) is 17.8 Å². The number of benzene rings is 2. The Balaban J connectivity index is 1.64. The number of nitrogens with one attached hydrogen (secondary N) is 4. The molecule has 3 aromatic rings. The Morgan fingerprint density at radius 3 is 2.66 bits per heavy atom. The lowest BCUT2D eigenvalue weighted by molar-refractivity contribution is -0.123. The van der Waals surface area contributed by atoms with E-state index >= 15 is 0 Å². The Kier molecular flexibility index (Phi) is 5.59. The van der Waals surface area contributed by atoms with Crippen LogP contribution < -0.4 is 26.2 Å². The van der Waals surface area contributed by atoms with E-state index in [9.17, 15) is 18.8 Å². The van der Waals surface area contributed by atoms with Crippen molar-refractivity contribution in [2.75, 3.05) is 23.1 Å². The molecule has 0 bridgehead atoms. The molecule has 0 aliphatic carbocycles. The number of carbonyl (C=O) groups excluding carboxylic acids is 2. The Morgan fingerprint density at radius 1 is 1.19 bits per heavy atom. The number of fused-ring (bicyclic) bond motifs is 1. The first-order chi connectivity index (χ1) is 15.3. The van der Waals surface area contributed by atoms with Gasteiger partial charge in [0.25, 0.3) is 5.56 Å². The lowest BCUT2D eigenvalue weighted by atomic mass is 9.92. The normalized spacial score (nSPS) is 14.8. The fourth-order valence-electron chi connectivity index (χ4n) is 3.41. The van der Waals surface area contributed by atoms with Gasteiger partial charge in [-0.1, -0.05) is 6.07 Å². The fraction of sp³-hybridized carbons (Fsp3) is 0.182. The minimum Gasteiger partial charge on any atom is -0.497 e. The number of aromatic amines is 1. The monoisotopic (exact) mass is 437 g/mol. The summed E-state index contributed by atoms with van der Waals surface area (Å²) in [4.78, 5) is 44.9. The van der Waals surface area contributed by atoms with Gasteiger partial charge in [0.15, 0.2) is 0 Å². The summed E-state index contributed by atoms with van der Waals surface area (Å²) in [6.45, 7) is 1.82. The largest absolute Gasteiger partial charge is 0.497 e. The number of aryl methyl sites for hydroxylation is 1. The van der Waals surface area contributed by atoms with Crippen molar-refractivity contribution in [1.82, 2.24) is 9.97 Å². The smallest absolute Gasteiger partial charge is 0.258 e. The average molecular weight is 437 g/mol. The van der Waals surface area contributed by atoms with Crippen LogP contribution in [0.1, 0.15) is 23.5 Å². The molecule has 1 aromatic heterocycles. The molecule has 1 aliphatic heterocycles. The van der Waals surface area contributed by atoms with Crippen LogP contribution in [0.5, 0.6) is 5.75 Å². The van der Waals surface area contributed by atoms with Crippen LogP contribution in [0, 0.1) is 12.7 Å². The van der Waals surface area contributed by atoms with Crippen molar-refractivity contribution in [2.45, 2.75) is 19.3 Å². The maximum atomic E-state index is 13.1. The minimum atomic E-state index is -1.03. The molecule has 0 unspecified atom stereocenters. The van der Waals surface area contributed by atoms with Gasteiger partial charge in [0.05, 0.1) is 18.6 Å². The Morgan fingerprint density at radius 2 is 1.94 bits per heavy atom. The van der Waals surface area contributed by atoms with Crippen LogP contribution in [0.3, 0.4) is 0 Å². The third-order valence-electron chi connectivity index (χ3n) is 5.08. The first kappa shape index (κ1) is 21.0. The van der Waals surface area contributed by atoms with Crippen molar-refractivity contribution >= 4 is 35.0 Å². The summed E-state index contributed by atoms with van der Waals surface area (Å²) < 4.78 is 18.3. The Bertz CT molecular complexity index is 1260. The molecular formula is C22H20FN5O4. The number of rotatable bonds is 5. The summed E-state index contributed by atoms with van der Waals surface area (Å²) in [6, 6.07) is 10.7. The summed E-state index contributed by atoms with van der Waals surface area (Å²) >= 11 is 0. The zero-order valence-electron chi connectivity index (χ0n) is 17.3. The van der Waals surface area contributed by atoms with Crippen LogP contribution in [-0.4, -0.2) is 28.9 Å². The number of hydrogen-bond acceptors (Lipinski definition) is 6. The van der Waals surface area contributed by atoms with Crippen LogP contribution in [0.4, 0.5) is 27.5 Å². The van der Waals surface area contributed by atoms with Crippen molar-refractivity contribution in [3.05, 3.63) is 69.8 Å². The van der Waals surface area contributed by atoms with E-state index in [4.69, 9.17) is 4.74 Å². The number of ether oxygens (including phenoxy) is 1. The number of anilines is 4. The number of halogens is 1. The molecule has 0 fully saturated rings. The first-order valence-corrected chi connectivity index (χ1v) is 9.76. The van der Waals surface area contributed by atoms with Crippen molar-refractivity contribution in [1.29, 1.82) is 0 Å². The van der Waals surface area contributed by atoms with Crippen molar-refractivity contribution in [3.63, 3.8) is 0 Å². The van der Waals surface area contributed by atoms with Crippen LogP contribution >= 0.6 is 0 Å². The number of methoxy groups -OCH3 is 1. The molecule has 4 rings (SSSR count). The van der Waals surface area contributed by atoms with Gasteiger partial charge in [-0.05, 0) is 42.8 Å². The van der Waals surface area contributed by atoms with Gasteiger partial charge in [0.1, 0.15) is 17.4 Å². The number of H-pyrrole nitrogens is 1. The van der Waals surface area contributed by atoms with E-state index in [1.54, 1.807) is 18.2 Å². The van der Waals surface area contributed by atoms with Gasteiger partial charge in [-0.25, -0.2) is 4.39 Å². The minimum absolute atomic E-state index is 0.00266. The quantitative estimate of drug-likeness (QED) is 0.486. The molecule has 2 heterocycles. The maximum Gasteiger partial charge on any atom is 0.258 e. The SMILES string of the molecule is COc1ccc(C)c(NC(=O)[C@@H]2CC(=O)Nc3nc(Nc4ccc(F)cc4)[nH]c(=O)c32)c1. The molecule has 164 valence electrons. The Labute approximate surface area is 182 Å². The van der Waals surface area contributed by atoms with E-state index in [1.165, 1.54) is 31.4 Å². The second kappa shape index (κ2) is 8.50.